The minimum Gasteiger partial charge on any atom is -0.493 e. The minimum atomic E-state index is 0.479. The van der Waals surface area contributed by atoms with Crippen molar-refractivity contribution < 1.29 is 9.47 Å². The van der Waals surface area contributed by atoms with Crippen LogP contribution >= 0.6 is 0 Å². The zero-order chi connectivity index (χ0) is 18.4. The Balaban J connectivity index is 2.01. The summed E-state index contributed by atoms with van der Waals surface area (Å²) in [5, 5.41) is 0. The number of fused-ring (bicyclic) bond motifs is 2. The molecule has 2 aromatic carbocycles. The van der Waals surface area contributed by atoms with Gasteiger partial charge in [0.1, 0.15) is 0 Å². The number of nitrogens with zero attached hydrogens (tertiary/aromatic N) is 1. The van der Waals surface area contributed by atoms with Crippen molar-refractivity contribution in [2.24, 2.45) is 0 Å². The Kier molecular flexibility index (Phi) is 4.44. The number of hydrogen-bond acceptors (Lipinski definition) is 3. The molecule has 0 saturated heterocycles. The van der Waals surface area contributed by atoms with Gasteiger partial charge in [-0.15, -0.1) is 0 Å². The molecule has 138 valence electrons. The average Bonchev–Trinajstić information content (AvgIpc) is 2.96. The summed E-state index contributed by atoms with van der Waals surface area (Å²) in [6.45, 7) is 7.90. The molecule has 4 rings (SSSR count). The molecule has 3 nitrogen and oxygen atoms in total. The highest BCUT2D eigenvalue weighted by Gasteiger charge is 2.42. The number of likely N-dealkylation sites (N-methyl/N-ethyl adjacent to an activating group) is 1. The standard InChI is InChI=1S/C23H29NO2/c1-6-8-17-16-11-9-14(3)20-21-15(10-12-19(25-4)23(21)26-5)13-18(22(16)20)24(17)7-2/h9-12,17-18H,6-8,13H2,1-5H3/t17-,18+/m0/s1. The third-order valence-corrected chi connectivity index (χ3v) is 6.20. The normalized spacial score (nSPS) is 20.7. The number of methoxy groups -OCH3 is 2. The van der Waals surface area contributed by atoms with Crippen LogP contribution in [-0.2, 0) is 6.42 Å². The molecule has 26 heavy (non-hydrogen) atoms. The van der Waals surface area contributed by atoms with Gasteiger partial charge in [-0.3, -0.25) is 4.90 Å². The summed E-state index contributed by atoms with van der Waals surface area (Å²) in [4.78, 5) is 2.71. The number of ether oxygens (including phenoxy) is 2. The second kappa shape index (κ2) is 6.62. The van der Waals surface area contributed by atoms with Crippen LogP contribution in [0.4, 0.5) is 0 Å². The van der Waals surface area contributed by atoms with E-state index in [4.69, 9.17) is 9.47 Å². The minimum absolute atomic E-state index is 0.479. The molecule has 2 atom stereocenters. The highest BCUT2D eigenvalue weighted by atomic mass is 16.5. The van der Waals surface area contributed by atoms with Crippen molar-refractivity contribution in [1.82, 2.24) is 4.90 Å². The Hall–Kier alpha value is -2.00. The first-order chi connectivity index (χ1) is 12.7. The van der Waals surface area contributed by atoms with Crippen LogP contribution in [0.1, 0.15) is 61.0 Å². The molecule has 2 aromatic rings. The van der Waals surface area contributed by atoms with Gasteiger partial charge < -0.3 is 9.47 Å². The van der Waals surface area contributed by atoms with E-state index in [9.17, 15) is 0 Å². The zero-order valence-electron chi connectivity index (χ0n) is 16.6. The summed E-state index contributed by atoms with van der Waals surface area (Å²) in [7, 11) is 3.47. The van der Waals surface area contributed by atoms with Gasteiger partial charge in [-0.25, -0.2) is 0 Å². The molecule has 1 heterocycles. The Morgan fingerprint density at radius 3 is 2.50 bits per heavy atom. The van der Waals surface area contributed by atoms with Crippen LogP contribution in [0.2, 0.25) is 0 Å². The molecule has 0 bridgehead atoms. The van der Waals surface area contributed by atoms with Crippen LogP contribution in [0, 0.1) is 6.92 Å². The summed E-state index contributed by atoms with van der Waals surface area (Å²) in [5.41, 5.74) is 8.37. The van der Waals surface area contributed by atoms with Crippen LogP contribution in [0.15, 0.2) is 24.3 Å². The van der Waals surface area contributed by atoms with Gasteiger partial charge in [-0.1, -0.05) is 38.5 Å². The lowest BCUT2D eigenvalue weighted by Gasteiger charge is -2.33. The summed E-state index contributed by atoms with van der Waals surface area (Å²) < 4.78 is 11.4. The van der Waals surface area contributed by atoms with Crippen molar-refractivity contribution in [3.05, 3.63) is 46.5 Å². The van der Waals surface area contributed by atoms with Gasteiger partial charge in [-0.2, -0.15) is 0 Å². The van der Waals surface area contributed by atoms with Crippen molar-refractivity contribution in [3.8, 4) is 22.6 Å². The Labute approximate surface area is 156 Å². The van der Waals surface area contributed by atoms with Gasteiger partial charge in [0.15, 0.2) is 11.5 Å². The average molecular weight is 351 g/mol. The van der Waals surface area contributed by atoms with Crippen LogP contribution in [0.25, 0.3) is 11.1 Å². The largest absolute Gasteiger partial charge is 0.493 e. The van der Waals surface area contributed by atoms with Crippen LogP contribution in [0.3, 0.4) is 0 Å². The number of aryl methyl sites for hydroxylation is 1. The van der Waals surface area contributed by atoms with Gasteiger partial charge >= 0.3 is 0 Å². The van der Waals surface area contributed by atoms with E-state index < -0.39 is 0 Å². The van der Waals surface area contributed by atoms with Gasteiger partial charge in [-0.05, 0) is 60.2 Å². The van der Waals surface area contributed by atoms with Crippen molar-refractivity contribution in [2.45, 2.75) is 52.1 Å². The van der Waals surface area contributed by atoms with E-state index in [0.717, 1.165) is 24.5 Å². The predicted octanol–water partition coefficient (Wildman–Crippen LogP) is 5.45. The molecule has 0 radical (unpaired) electrons. The Bertz CT molecular complexity index is 843. The van der Waals surface area contributed by atoms with E-state index in [1.807, 2.05) is 0 Å². The Morgan fingerprint density at radius 2 is 1.85 bits per heavy atom. The molecule has 1 aliphatic heterocycles. The van der Waals surface area contributed by atoms with E-state index in [1.165, 1.54) is 46.2 Å². The topological polar surface area (TPSA) is 21.7 Å². The number of benzene rings is 2. The quantitative estimate of drug-likeness (QED) is 0.714. The molecule has 0 fully saturated rings. The van der Waals surface area contributed by atoms with Gasteiger partial charge in [0.2, 0.25) is 0 Å². The van der Waals surface area contributed by atoms with E-state index in [-0.39, 0.29) is 0 Å². The van der Waals surface area contributed by atoms with Crippen molar-refractivity contribution in [2.75, 3.05) is 20.8 Å². The summed E-state index contributed by atoms with van der Waals surface area (Å²) in [5.74, 6) is 1.69. The summed E-state index contributed by atoms with van der Waals surface area (Å²) in [6, 6.07) is 9.96. The first-order valence-corrected chi connectivity index (χ1v) is 9.79. The summed E-state index contributed by atoms with van der Waals surface area (Å²) in [6.07, 6.45) is 3.48. The first-order valence-electron chi connectivity index (χ1n) is 9.79. The molecule has 0 unspecified atom stereocenters. The molecule has 0 saturated carbocycles. The molecule has 3 heteroatoms. The van der Waals surface area contributed by atoms with E-state index in [0.29, 0.717) is 12.1 Å². The monoisotopic (exact) mass is 351 g/mol. The zero-order valence-corrected chi connectivity index (χ0v) is 16.6. The van der Waals surface area contributed by atoms with Gasteiger partial charge in [0, 0.05) is 17.6 Å². The SMILES string of the molecule is CCC[C@H]1c2ccc(C)c3c2[C@@H](Cc2ccc(OC)c(OC)c2-3)N1CC. The van der Waals surface area contributed by atoms with E-state index in [2.05, 4.69) is 49.9 Å². The lowest BCUT2D eigenvalue weighted by molar-refractivity contribution is 0.160. The smallest absolute Gasteiger partial charge is 0.168 e. The highest BCUT2D eigenvalue weighted by Crippen LogP contribution is 2.56. The van der Waals surface area contributed by atoms with Crippen LogP contribution in [0.5, 0.6) is 11.5 Å². The van der Waals surface area contributed by atoms with Gasteiger partial charge in [0.25, 0.3) is 0 Å². The molecular weight excluding hydrogens is 322 g/mol. The number of rotatable bonds is 5. The molecule has 0 aromatic heterocycles. The second-order valence-corrected chi connectivity index (χ2v) is 7.45. The maximum absolute atomic E-state index is 5.83. The van der Waals surface area contributed by atoms with E-state index in [1.54, 1.807) is 14.2 Å². The fourth-order valence-corrected chi connectivity index (χ4v) is 5.16. The molecule has 0 N–H and O–H groups in total. The van der Waals surface area contributed by atoms with Crippen LogP contribution in [-0.4, -0.2) is 25.7 Å². The molecular formula is C23H29NO2. The van der Waals surface area contributed by atoms with Crippen LogP contribution < -0.4 is 9.47 Å². The maximum Gasteiger partial charge on any atom is 0.168 e. The predicted molar refractivity (Wildman–Crippen MR) is 106 cm³/mol. The fraction of sp³-hybridized carbons (Fsp3) is 0.478. The van der Waals surface area contributed by atoms with E-state index >= 15 is 0 Å². The Morgan fingerprint density at radius 1 is 1.04 bits per heavy atom. The molecule has 0 spiro atoms. The number of hydrogen-bond donors (Lipinski definition) is 0. The lowest BCUT2D eigenvalue weighted by atomic mass is 9.79. The molecule has 2 aliphatic rings. The van der Waals surface area contributed by atoms with Gasteiger partial charge in [0.05, 0.1) is 14.2 Å². The second-order valence-electron chi connectivity index (χ2n) is 7.45. The fourth-order valence-electron chi connectivity index (χ4n) is 5.16. The highest BCUT2D eigenvalue weighted by molar-refractivity contribution is 5.85. The third kappa shape index (κ3) is 2.30. The lowest BCUT2D eigenvalue weighted by Crippen LogP contribution is -2.28. The van der Waals surface area contributed by atoms with Crippen molar-refractivity contribution >= 4 is 0 Å². The summed E-state index contributed by atoms with van der Waals surface area (Å²) >= 11 is 0. The first kappa shape index (κ1) is 17.4. The van der Waals surface area contributed by atoms with Crippen molar-refractivity contribution in [1.29, 1.82) is 0 Å². The molecule has 0 amide bonds. The maximum atomic E-state index is 5.83. The molecule has 1 aliphatic carbocycles. The third-order valence-electron chi connectivity index (χ3n) is 6.20. The van der Waals surface area contributed by atoms with Crippen molar-refractivity contribution in [3.63, 3.8) is 0 Å².